The predicted octanol–water partition coefficient (Wildman–Crippen LogP) is 0.819. The molecule has 9 nitrogen and oxygen atoms in total. The summed E-state index contributed by atoms with van der Waals surface area (Å²) >= 11 is 3.25. The smallest absolute Gasteiger partial charge is 0.293 e. The fourth-order valence-electron chi connectivity index (χ4n) is 1.86. The molecular formula is C15H16BrN5O4. The van der Waals surface area contributed by atoms with Gasteiger partial charge in [-0.05, 0) is 39.7 Å². The molecule has 10 heteroatoms. The number of benzene rings is 1. The van der Waals surface area contributed by atoms with E-state index in [1.165, 1.54) is 18.0 Å². The molecular weight excluding hydrogens is 394 g/mol. The van der Waals surface area contributed by atoms with Crippen LogP contribution >= 0.6 is 15.9 Å². The Labute approximate surface area is 151 Å². The molecule has 132 valence electrons. The van der Waals surface area contributed by atoms with E-state index in [1.54, 1.807) is 31.4 Å². The summed E-state index contributed by atoms with van der Waals surface area (Å²) in [5, 5.41) is 7.90. The molecule has 25 heavy (non-hydrogen) atoms. The summed E-state index contributed by atoms with van der Waals surface area (Å²) in [6.45, 7) is -0.251. The van der Waals surface area contributed by atoms with E-state index in [2.05, 4.69) is 31.6 Å². The fourth-order valence-corrected chi connectivity index (χ4v) is 2.42. The Bertz CT molecular complexity index is 818. The van der Waals surface area contributed by atoms with Crippen molar-refractivity contribution in [2.75, 3.05) is 13.7 Å². The molecule has 3 N–H and O–H groups in total. The number of amides is 2. The first-order chi connectivity index (χ1) is 11.9. The SMILES string of the molecule is COc1cc(C=NNC(=O)c2nn(C)cc2Br)ccc1OCC(N)=O. The number of hydrogen-bond acceptors (Lipinski definition) is 6. The van der Waals surface area contributed by atoms with Gasteiger partial charge < -0.3 is 15.2 Å². The van der Waals surface area contributed by atoms with Crippen LogP contribution in [0.5, 0.6) is 11.5 Å². The molecule has 0 aliphatic rings. The van der Waals surface area contributed by atoms with Crippen LogP contribution in [-0.4, -0.2) is 41.5 Å². The second-order valence-electron chi connectivity index (χ2n) is 4.86. The predicted molar refractivity (Wildman–Crippen MR) is 93.7 cm³/mol. The van der Waals surface area contributed by atoms with Gasteiger partial charge in [0.15, 0.2) is 23.8 Å². The molecule has 0 atom stereocenters. The third-order valence-corrected chi connectivity index (χ3v) is 3.52. The van der Waals surface area contributed by atoms with Gasteiger partial charge in [0.05, 0.1) is 17.8 Å². The summed E-state index contributed by atoms with van der Waals surface area (Å²) < 4.78 is 12.5. The van der Waals surface area contributed by atoms with E-state index in [9.17, 15) is 9.59 Å². The molecule has 0 aliphatic carbocycles. The van der Waals surface area contributed by atoms with Crippen molar-refractivity contribution in [2.24, 2.45) is 17.9 Å². The maximum atomic E-state index is 12.0. The largest absolute Gasteiger partial charge is 0.493 e. The minimum Gasteiger partial charge on any atom is -0.493 e. The average molecular weight is 410 g/mol. The summed E-state index contributed by atoms with van der Waals surface area (Å²) in [6, 6.07) is 4.94. The molecule has 0 saturated heterocycles. The molecule has 0 radical (unpaired) electrons. The minimum absolute atomic E-state index is 0.229. The first kappa shape index (κ1) is 18.5. The maximum Gasteiger partial charge on any atom is 0.293 e. The van der Waals surface area contributed by atoms with Gasteiger partial charge in [0.1, 0.15) is 0 Å². The van der Waals surface area contributed by atoms with Gasteiger partial charge in [-0.3, -0.25) is 14.3 Å². The number of primary amides is 1. The molecule has 1 heterocycles. The number of hydrogen-bond donors (Lipinski definition) is 2. The lowest BCUT2D eigenvalue weighted by Gasteiger charge is -2.09. The van der Waals surface area contributed by atoms with Gasteiger partial charge in [-0.2, -0.15) is 10.2 Å². The average Bonchev–Trinajstić information content (AvgIpc) is 2.91. The molecule has 0 saturated carbocycles. The van der Waals surface area contributed by atoms with E-state index >= 15 is 0 Å². The third kappa shape index (κ3) is 5.05. The van der Waals surface area contributed by atoms with Gasteiger partial charge in [-0.1, -0.05) is 0 Å². The zero-order chi connectivity index (χ0) is 18.4. The van der Waals surface area contributed by atoms with Crippen molar-refractivity contribution in [3.63, 3.8) is 0 Å². The third-order valence-electron chi connectivity index (χ3n) is 2.94. The Morgan fingerprint density at radius 1 is 1.44 bits per heavy atom. The van der Waals surface area contributed by atoms with Crippen molar-refractivity contribution in [3.8, 4) is 11.5 Å². The molecule has 0 aliphatic heterocycles. The van der Waals surface area contributed by atoms with Crippen LogP contribution in [0.3, 0.4) is 0 Å². The highest BCUT2D eigenvalue weighted by atomic mass is 79.9. The van der Waals surface area contributed by atoms with Gasteiger partial charge in [-0.15, -0.1) is 0 Å². The molecule has 2 amide bonds. The Balaban J connectivity index is 2.04. The summed E-state index contributed by atoms with van der Waals surface area (Å²) in [5.41, 5.74) is 8.31. The number of hydrazone groups is 1. The van der Waals surface area contributed by atoms with Crippen molar-refractivity contribution in [2.45, 2.75) is 0 Å². The Hall–Kier alpha value is -2.88. The van der Waals surface area contributed by atoms with Crippen LogP contribution in [0.15, 0.2) is 34.0 Å². The lowest BCUT2D eigenvalue weighted by Crippen LogP contribution is -2.20. The van der Waals surface area contributed by atoms with Gasteiger partial charge in [-0.25, -0.2) is 5.43 Å². The number of halogens is 1. The Kier molecular flexibility index (Phi) is 6.12. The first-order valence-electron chi connectivity index (χ1n) is 7.02. The summed E-state index contributed by atoms with van der Waals surface area (Å²) in [5.74, 6) is -0.253. The van der Waals surface area contributed by atoms with Crippen LogP contribution in [0, 0.1) is 0 Å². The molecule has 1 aromatic heterocycles. The summed E-state index contributed by atoms with van der Waals surface area (Å²) in [4.78, 5) is 22.7. The number of carbonyl (C=O) groups is 2. The summed E-state index contributed by atoms with van der Waals surface area (Å²) in [7, 11) is 3.17. The van der Waals surface area contributed by atoms with Crippen LogP contribution in [0.2, 0.25) is 0 Å². The second kappa shape index (κ2) is 8.29. The minimum atomic E-state index is -0.587. The van der Waals surface area contributed by atoms with E-state index in [4.69, 9.17) is 15.2 Å². The van der Waals surface area contributed by atoms with Gasteiger partial charge in [0.2, 0.25) is 0 Å². The second-order valence-corrected chi connectivity index (χ2v) is 5.72. The van der Waals surface area contributed by atoms with Gasteiger partial charge in [0.25, 0.3) is 11.8 Å². The number of methoxy groups -OCH3 is 1. The molecule has 2 aromatic rings. The highest BCUT2D eigenvalue weighted by Crippen LogP contribution is 2.27. The lowest BCUT2D eigenvalue weighted by molar-refractivity contribution is -0.119. The molecule has 0 spiro atoms. The van der Waals surface area contributed by atoms with Crippen LogP contribution in [-0.2, 0) is 11.8 Å². The summed E-state index contributed by atoms with van der Waals surface area (Å²) in [6.07, 6.45) is 3.10. The Morgan fingerprint density at radius 2 is 2.20 bits per heavy atom. The maximum absolute atomic E-state index is 12.0. The highest BCUT2D eigenvalue weighted by molar-refractivity contribution is 9.10. The molecule has 0 unspecified atom stereocenters. The number of aryl methyl sites for hydroxylation is 1. The number of nitrogens with two attached hydrogens (primary N) is 1. The van der Waals surface area contributed by atoms with E-state index in [1.807, 2.05) is 0 Å². The van der Waals surface area contributed by atoms with Crippen LogP contribution in [0.25, 0.3) is 0 Å². The van der Waals surface area contributed by atoms with E-state index < -0.39 is 11.8 Å². The molecule has 0 bridgehead atoms. The molecule has 1 aromatic carbocycles. The normalized spacial score (nSPS) is 10.7. The van der Waals surface area contributed by atoms with Crippen molar-refractivity contribution >= 4 is 34.0 Å². The standard InChI is InChI=1S/C15H16BrN5O4/c1-21-7-10(16)14(20-21)15(23)19-18-6-9-3-4-11(12(5-9)24-2)25-8-13(17)22/h3-7H,8H2,1-2H3,(H2,17,22)(H,19,23). The number of aromatic nitrogens is 2. The lowest BCUT2D eigenvalue weighted by atomic mass is 10.2. The van der Waals surface area contributed by atoms with Crippen molar-refractivity contribution in [1.29, 1.82) is 0 Å². The van der Waals surface area contributed by atoms with Gasteiger partial charge in [0, 0.05) is 13.2 Å². The quantitative estimate of drug-likeness (QED) is 0.517. The Morgan fingerprint density at radius 3 is 2.80 bits per heavy atom. The number of nitrogens with one attached hydrogen (secondary N) is 1. The first-order valence-corrected chi connectivity index (χ1v) is 7.81. The van der Waals surface area contributed by atoms with Crippen LogP contribution in [0.1, 0.15) is 16.1 Å². The fraction of sp³-hybridized carbons (Fsp3) is 0.200. The van der Waals surface area contributed by atoms with Crippen molar-refractivity contribution in [3.05, 3.63) is 40.1 Å². The zero-order valence-electron chi connectivity index (χ0n) is 13.5. The highest BCUT2D eigenvalue weighted by Gasteiger charge is 2.13. The van der Waals surface area contributed by atoms with Crippen molar-refractivity contribution in [1.82, 2.24) is 15.2 Å². The van der Waals surface area contributed by atoms with E-state index in [0.717, 1.165) is 0 Å². The van der Waals surface area contributed by atoms with E-state index in [-0.39, 0.29) is 12.3 Å². The number of nitrogens with zero attached hydrogens (tertiary/aromatic N) is 3. The van der Waals surface area contributed by atoms with E-state index in [0.29, 0.717) is 21.5 Å². The van der Waals surface area contributed by atoms with Crippen molar-refractivity contribution < 1.29 is 19.1 Å². The van der Waals surface area contributed by atoms with Crippen LogP contribution in [0.4, 0.5) is 0 Å². The van der Waals surface area contributed by atoms with Crippen LogP contribution < -0.4 is 20.6 Å². The molecule has 2 rings (SSSR count). The van der Waals surface area contributed by atoms with Gasteiger partial charge >= 0.3 is 0 Å². The number of ether oxygens (including phenoxy) is 2. The monoisotopic (exact) mass is 409 g/mol. The molecule has 0 fully saturated rings. The zero-order valence-corrected chi connectivity index (χ0v) is 15.1. The number of rotatable bonds is 7. The number of carbonyl (C=O) groups excluding carboxylic acids is 2. The topological polar surface area (TPSA) is 121 Å².